The zero-order chi connectivity index (χ0) is 12.3. The van der Waals surface area contributed by atoms with Gasteiger partial charge in [0.05, 0.1) is 26.7 Å². The van der Waals surface area contributed by atoms with Crippen molar-refractivity contribution in [1.29, 1.82) is 0 Å². The Morgan fingerprint density at radius 2 is 2.12 bits per heavy atom. The van der Waals surface area contributed by atoms with Crippen molar-refractivity contribution in [3.05, 3.63) is 23.9 Å². The van der Waals surface area contributed by atoms with Crippen LogP contribution in [0.5, 0.6) is 5.88 Å². The van der Waals surface area contributed by atoms with Crippen molar-refractivity contribution in [3.8, 4) is 5.88 Å². The standard InChI is InChI=1S/C11H13N3O3/c1-17-11-8(3-2-4-13-11)7-14-9(15)5-12-6-10(14)16/h2-4,12H,5-7H2,1H3. The van der Waals surface area contributed by atoms with E-state index in [-0.39, 0.29) is 31.4 Å². The largest absolute Gasteiger partial charge is 0.481 e. The molecule has 1 aliphatic heterocycles. The minimum atomic E-state index is -0.229. The predicted octanol–water partition coefficient (Wildman–Crippen LogP) is -0.451. The van der Waals surface area contributed by atoms with Crippen molar-refractivity contribution in [2.24, 2.45) is 0 Å². The van der Waals surface area contributed by atoms with Crippen molar-refractivity contribution < 1.29 is 14.3 Å². The van der Waals surface area contributed by atoms with Crippen LogP contribution < -0.4 is 10.1 Å². The first-order valence-corrected chi connectivity index (χ1v) is 5.24. The molecule has 1 saturated heterocycles. The van der Waals surface area contributed by atoms with Crippen molar-refractivity contribution in [2.75, 3.05) is 20.2 Å². The molecule has 1 aromatic rings. The Hall–Kier alpha value is -1.95. The van der Waals surface area contributed by atoms with Gasteiger partial charge in [-0.25, -0.2) is 4.98 Å². The van der Waals surface area contributed by atoms with Gasteiger partial charge in [-0.1, -0.05) is 6.07 Å². The highest BCUT2D eigenvalue weighted by molar-refractivity contribution is 5.99. The van der Waals surface area contributed by atoms with Gasteiger partial charge in [0.25, 0.3) is 0 Å². The minimum absolute atomic E-state index is 0.189. The highest BCUT2D eigenvalue weighted by atomic mass is 16.5. The van der Waals surface area contributed by atoms with Crippen LogP contribution in [0.2, 0.25) is 0 Å². The summed E-state index contributed by atoms with van der Waals surface area (Å²) in [5.41, 5.74) is 0.721. The third-order valence-electron chi connectivity index (χ3n) is 2.53. The van der Waals surface area contributed by atoms with Gasteiger partial charge in [0.15, 0.2) is 0 Å². The van der Waals surface area contributed by atoms with Gasteiger partial charge in [0, 0.05) is 11.8 Å². The molecule has 17 heavy (non-hydrogen) atoms. The molecule has 0 unspecified atom stereocenters. The van der Waals surface area contributed by atoms with Crippen LogP contribution in [0.3, 0.4) is 0 Å². The highest BCUT2D eigenvalue weighted by Gasteiger charge is 2.26. The summed E-state index contributed by atoms with van der Waals surface area (Å²) < 4.78 is 5.08. The molecule has 1 fully saturated rings. The van der Waals surface area contributed by atoms with Gasteiger partial charge in [-0.3, -0.25) is 19.8 Å². The summed E-state index contributed by atoms with van der Waals surface area (Å²) in [6, 6.07) is 3.53. The van der Waals surface area contributed by atoms with E-state index in [9.17, 15) is 9.59 Å². The van der Waals surface area contributed by atoms with E-state index in [4.69, 9.17) is 4.74 Å². The fraction of sp³-hybridized carbons (Fsp3) is 0.364. The van der Waals surface area contributed by atoms with Crippen LogP contribution in [0.15, 0.2) is 18.3 Å². The van der Waals surface area contributed by atoms with Crippen molar-refractivity contribution in [2.45, 2.75) is 6.54 Å². The number of pyridine rings is 1. The maximum atomic E-state index is 11.6. The van der Waals surface area contributed by atoms with Gasteiger partial charge < -0.3 is 4.74 Å². The Kier molecular flexibility index (Phi) is 3.34. The second-order valence-corrected chi connectivity index (χ2v) is 3.65. The smallest absolute Gasteiger partial charge is 0.243 e. The van der Waals surface area contributed by atoms with Crippen LogP contribution in [-0.2, 0) is 16.1 Å². The molecule has 0 radical (unpaired) electrons. The lowest BCUT2D eigenvalue weighted by atomic mass is 10.2. The number of ether oxygens (including phenoxy) is 1. The van der Waals surface area contributed by atoms with Crippen molar-refractivity contribution >= 4 is 11.8 Å². The lowest BCUT2D eigenvalue weighted by Crippen LogP contribution is -2.51. The van der Waals surface area contributed by atoms with Crippen LogP contribution in [0.1, 0.15) is 5.56 Å². The molecule has 2 heterocycles. The van der Waals surface area contributed by atoms with Crippen LogP contribution in [0, 0.1) is 0 Å². The lowest BCUT2D eigenvalue weighted by molar-refractivity contribution is -0.147. The van der Waals surface area contributed by atoms with E-state index < -0.39 is 0 Å². The topological polar surface area (TPSA) is 71.5 Å². The van der Waals surface area contributed by atoms with Gasteiger partial charge >= 0.3 is 0 Å². The zero-order valence-corrected chi connectivity index (χ0v) is 9.47. The fourth-order valence-electron chi connectivity index (χ4n) is 1.68. The van der Waals surface area contributed by atoms with Crippen molar-refractivity contribution in [1.82, 2.24) is 15.2 Å². The van der Waals surface area contributed by atoms with Crippen LogP contribution in [0.25, 0.3) is 0 Å². The molecule has 90 valence electrons. The molecule has 1 N–H and O–H groups in total. The Bertz CT molecular complexity index is 431. The molecule has 0 aliphatic carbocycles. The summed E-state index contributed by atoms with van der Waals surface area (Å²) in [5, 5.41) is 2.74. The first kappa shape index (κ1) is 11.5. The van der Waals surface area contributed by atoms with Crippen molar-refractivity contribution in [3.63, 3.8) is 0 Å². The number of aromatic nitrogens is 1. The zero-order valence-electron chi connectivity index (χ0n) is 9.47. The normalized spacial score (nSPS) is 16.2. The first-order chi connectivity index (χ1) is 8.22. The average molecular weight is 235 g/mol. The van der Waals surface area contributed by atoms with E-state index in [1.165, 1.54) is 12.0 Å². The summed E-state index contributed by atoms with van der Waals surface area (Å²) in [5.74, 6) is -0.0223. The first-order valence-electron chi connectivity index (χ1n) is 5.24. The molecule has 0 saturated carbocycles. The monoisotopic (exact) mass is 235 g/mol. The summed E-state index contributed by atoms with van der Waals surface area (Å²) in [7, 11) is 1.51. The van der Waals surface area contributed by atoms with Crippen LogP contribution >= 0.6 is 0 Å². The number of amides is 2. The quantitative estimate of drug-likeness (QED) is 0.718. The number of piperazine rings is 1. The molecule has 6 nitrogen and oxygen atoms in total. The molecular formula is C11H13N3O3. The molecular weight excluding hydrogens is 222 g/mol. The molecule has 6 heteroatoms. The third-order valence-corrected chi connectivity index (χ3v) is 2.53. The van der Waals surface area contributed by atoms with Gasteiger partial charge in [-0.05, 0) is 6.07 Å². The SMILES string of the molecule is COc1ncccc1CN1C(=O)CNCC1=O. The number of imide groups is 1. The minimum Gasteiger partial charge on any atom is -0.481 e. The van der Waals surface area contributed by atoms with E-state index in [1.807, 2.05) is 0 Å². The maximum absolute atomic E-state index is 11.6. The van der Waals surface area contributed by atoms with E-state index in [0.29, 0.717) is 5.88 Å². The Morgan fingerprint density at radius 3 is 2.76 bits per heavy atom. The maximum Gasteiger partial charge on any atom is 0.243 e. The number of carbonyl (C=O) groups is 2. The molecule has 1 aromatic heterocycles. The van der Waals surface area contributed by atoms with Gasteiger partial charge in [-0.2, -0.15) is 0 Å². The molecule has 2 rings (SSSR count). The fourth-order valence-corrected chi connectivity index (χ4v) is 1.68. The number of hydrogen-bond acceptors (Lipinski definition) is 5. The molecule has 0 atom stereocenters. The molecule has 0 bridgehead atoms. The van der Waals surface area contributed by atoms with Gasteiger partial charge in [0.1, 0.15) is 0 Å². The number of rotatable bonds is 3. The number of methoxy groups -OCH3 is 1. The Labute approximate surface area is 98.6 Å². The molecule has 0 spiro atoms. The summed E-state index contributed by atoms with van der Waals surface area (Å²) in [6.45, 7) is 0.582. The highest BCUT2D eigenvalue weighted by Crippen LogP contribution is 2.16. The van der Waals surface area contributed by atoms with Gasteiger partial charge in [-0.15, -0.1) is 0 Å². The van der Waals surface area contributed by atoms with E-state index in [1.54, 1.807) is 18.3 Å². The van der Waals surface area contributed by atoms with E-state index in [2.05, 4.69) is 10.3 Å². The molecule has 2 amide bonds. The van der Waals surface area contributed by atoms with Crippen LogP contribution in [-0.4, -0.2) is 41.9 Å². The van der Waals surface area contributed by atoms with Gasteiger partial charge in [0.2, 0.25) is 17.7 Å². The van der Waals surface area contributed by atoms with E-state index >= 15 is 0 Å². The number of nitrogens with zero attached hydrogens (tertiary/aromatic N) is 2. The summed E-state index contributed by atoms with van der Waals surface area (Å²) in [4.78, 5) is 28.4. The Morgan fingerprint density at radius 1 is 1.41 bits per heavy atom. The second kappa shape index (κ2) is 4.92. The number of hydrogen-bond donors (Lipinski definition) is 1. The lowest BCUT2D eigenvalue weighted by Gasteiger charge is -2.25. The molecule has 0 aromatic carbocycles. The molecule has 1 aliphatic rings. The number of carbonyl (C=O) groups excluding carboxylic acids is 2. The predicted molar refractivity (Wildman–Crippen MR) is 59.2 cm³/mol. The third kappa shape index (κ3) is 2.42. The summed E-state index contributed by atoms with van der Waals surface area (Å²) in [6.07, 6.45) is 1.60. The number of nitrogens with one attached hydrogen (secondary N) is 1. The Balaban J connectivity index is 2.19. The van der Waals surface area contributed by atoms with E-state index in [0.717, 1.165) is 5.56 Å². The second-order valence-electron chi connectivity index (χ2n) is 3.65. The van der Waals surface area contributed by atoms with Crippen LogP contribution in [0.4, 0.5) is 0 Å². The average Bonchev–Trinajstić information content (AvgIpc) is 2.34. The summed E-state index contributed by atoms with van der Waals surface area (Å²) >= 11 is 0.